The normalized spacial score (nSPS) is 18.0. The number of carbonyl (C=O) groups is 4. The first-order valence-electron chi connectivity index (χ1n) is 20.1. The van der Waals surface area contributed by atoms with Crippen LogP contribution in [-0.2, 0) is 19.1 Å². The maximum atomic E-state index is 13.9. The van der Waals surface area contributed by atoms with E-state index < -0.39 is 24.3 Å². The van der Waals surface area contributed by atoms with E-state index in [0.29, 0.717) is 13.1 Å². The molecule has 0 aliphatic carbocycles. The number of fused-ring (bicyclic) bond motifs is 2. The van der Waals surface area contributed by atoms with Crippen LogP contribution in [0.1, 0.15) is 77.1 Å². The Morgan fingerprint density at radius 3 is 1.74 bits per heavy atom. The standard InChI is InChI=1S/C44H54N8O6/c1-25(2)37(49(5)43(55)57-7)41(53)51-19-9-11-35(51)39-45-24-34(48-39)31-16-15-27-21-28(13-14-29(27)22-31)30-17-18-32-33(23-30)47-40(46-32)36-12-10-20-52(36)42(54)38(26(3)4)50(6)44(56)58-8/h13-18,21-26,35-38H,9-12,19-20H2,1-8H3,(H,45,48)(H,46,47). The molecule has 4 unspecified atom stereocenters. The lowest BCUT2D eigenvalue weighted by atomic mass is 9.99. The van der Waals surface area contributed by atoms with Gasteiger partial charge in [-0.15, -0.1) is 0 Å². The molecule has 4 amide bonds. The number of aromatic amines is 2. The minimum atomic E-state index is -0.642. The van der Waals surface area contributed by atoms with Crippen molar-refractivity contribution in [3.63, 3.8) is 0 Å². The van der Waals surface area contributed by atoms with Gasteiger partial charge in [0, 0.05) is 32.7 Å². The number of nitrogens with zero attached hydrogens (tertiary/aromatic N) is 6. The number of carbonyl (C=O) groups excluding carboxylic acids is 4. The molecular weight excluding hydrogens is 737 g/mol. The SMILES string of the molecule is COC(=O)N(C)C(C(=O)N1CCCC1c1ncc(-c2ccc3cc(-c4ccc5nc(C6CCCN6C(=O)C(C(C)C)N(C)C(=O)OC)[nH]c5c4)ccc3c2)[nH]1)C(C)C. The molecule has 0 saturated carbocycles. The zero-order valence-electron chi connectivity index (χ0n) is 34.6. The molecule has 306 valence electrons. The van der Waals surface area contributed by atoms with Crippen LogP contribution in [0.15, 0.2) is 60.8 Å². The van der Waals surface area contributed by atoms with Crippen molar-refractivity contribution in [1.82, 2.24) is 39.5 Å². The molecule has 5 aromatic rings. The number of hydrogen-bond donors (Lipinski definition) is 2. The number of benzene rings is 3. The molecule has 0 spiro atoms. The maximum absolute atomic E-state index is 13.9. The Morgan fingerprint density at radius 2 is 1.19 bits per heavy atom. The summed E-state index contributed by atoms with van der Waals surface area (Å²) in [5.74, 6) is 1.08. The van der Waals surface area contributed by atoms with Crippen LogP contribution in [0.25, 0.3) is 44.2 Å². The van der Waals surface area contributed by atoms with Crippen molar-refractivity contribution >= 4 is 45.8 Å². The van der Waals surface area contributed by atoms with Crippen molar-refractivity contribution < 1.29 is 28.7 Å². The highest BCUT2D eigenvalue weighted by atomic mass is 16.5. The summed E-state index contributed by atoms with van der Waals surface area (Å²) in [6, 6.07) is 17.2. The van der Waals surface area contributed by atoms with E-state index in [1.807, 2.05) is 49.8 Å². The van der Waals surface area contributed by atoms with Crippen LogP contribution >= 0.6 is 0 Å². The molecule has 4 heterocycles. The maximum Gasteiger partial charge on any atom is 0.409 e. The lowest BCUT2D eigenvalue weighted by Gasteiger charge is -2.34. The Kier molecular flexibility index (Phi) is 11.5. The Morgan fingerprint density at radius 1 is 0.690 bits per heavy atom. The van der Waals surface area contributed by atoms with E-state index in [2.05, 4.69) is 58.5 Å². The van der Waals surface area contributed by atoms with Gasteiger partial charge in [0.2, 0.25) is 11.8 Å². The number of imidazole rings is 2. The predicted molar refractivity (Wildman–Crippen MR) is 222 cm³/mol. The first kappa shape index (κ1) is 40.3. The highest BCUT2D eigenvalue weighted by Crippen LogP contribution is 2.36. The Labute approximate surface area is 338 Å². The third kappa shape index (κ3) is 7.59. The van der Waals surface area contributed by atoms with Crippen LogP contribution in [0.3, 0.4) is 0 Å². The molecule has 0 bridgehead atoms. The molecular formula is C44H54N8O6. The van der Waals surface area contributed by atoms with Crippen LogP contribution in [0, 0.1) is 11.8 Å². The number of amides is 4. The van der Waals surface area contributed by atoms with Gasteiger partial charge in [0.05, 0.1) is 49.2 Å². The molecule has 58 heavy (non-hydrogen) atoms. The molecule has 2 N–H and O–H groups in total. The Hall–Kier alpha value is -5.92. The first-order valence-corrected chi connectivity index (χ1v) is 20.1. The van der Waals surface area contributed by atoms with Crippen LogP contribution in [0.4, 0.5) is 9.59 Å². The van der Waals surface area contributed by atoms with E-state index in [9.17, 15) is 19.2 Å². The van der Waals surface area contributed by atoms with Crippen LogP contribution in [0.2, 0.25) is 0 Å². The van der Waals surface area contributed by atoms with Crippen molar-refractivity contribution in [2.75, 3.05) is 41.4 Å². The summed E-state index contributed by atoms with van der Waals surface area (Å²) in [6.45, 7) is 8.94. The van der Waals surface area contributed by atoms with Crippen molar-refractivity contribution in [2.24, 2.45) is 11.8 Å². The second-order valence-corrected chi connectivity index (χ2v) is 16.2. The van der Waals surface area contributed by atoms with Crippen LogP contribution in [-0.4, -0.2) is 117 Å². The van der Waals surface area contributed by atoms with Gasteiger partial charge in [0.1, 0.15) is 23.7 Å². The number of likely N-dealkylation sites (N-methyl/N-ethyl adjacent to an activating group) is 2. The average Bonchev–Trinajstić information content (AvgIpc) is 4.05. The largest absolute Gasteiger partial charge is 0.453 e. The Balaban J connectivity index is 1.08. The predicted octanol–water partition coefficient (Wildman–Crippen LogP) is 7.55. The third-order valence-corrected chi connectivity index (χ3v) is 11.8. The van der Waals surface area contributed by atoms with Gasteiger partial charge in [0.25, 0.3) is 0 Å². The van der Waals surface area contributed by atoms with E-state index in [0.717, 1.165) is 81.5 Å². The molecule has 4 atom stereocenters. The second-order valence-electron chi connectivity index (χ2n) is 16.2. The van der Waals surface area contributed by atoms with Crippen molar-refractivity contribution in [2.45, 2.75) is 77.5 Å². The topological polar surface area (TPSA) is 157 Å². The summed E-state index contributed by atoms with van der Waals surface area (Å²) in [5, 5.41) is 2.17. The minimum Gasteiger partial charge on any atom is -0.453 e. The van der Waals surface area contributed by atoms with Gasteiger partial charge >= 0.3 is 12.2 Å². The summed E-state index contributed by atoms with van der Waals surface area (Å²) in [4.78, 5) is 75.5. The zero-order valence-corrected chi connectivity index (χ0v) is 34.6. The van der Waals surface area contributed by atoms with Gasteiger partial charge < -0.3 is 29.2 Å². The molecule has 14 nitrogen and oxygen atoms in total. The molecule has 3 aromatic carbocycles. The van der Waals surface area contributed by atoms with Gasteiger partial charge in [-0.1, -0.05) is 58.0 Å². The third-order valence-electron chi connectivity index (χ3n) is 11.8. The number of hydrogen-bond acceptors (Lipinski definition) is 8. The number of ether oxygens (including phenoxy) is 2. The molecule has 2 aromatic heterocycles. The number of likely N-dealkylation sites (tertiary alicyclic amines) is 2. The van der Waals surface area contributed by atoms with Gasteiger partial charge in [-0.3, -0.25) is 19.4 Å². The lowest BCUT2D eigenvalue weighted by molar-refractivity contribution is -0.139. The fourth-order valence-electron chi connectivity index (χ4n) is 8.89. The average molecular weight is 791 g/mol. The highest BCUT2D eigenvalue weighted by Gasteiger charge is 2.41. The molecule has 7 rings (SSSR count). The highest BCUT2D eigenvalue weighted by molar-refractivity contribution is 5.92. The van der Waals surface area contributed by atoms with Crippen molar-refractivity contribution in [3.05, 3.63) is 72.4 Å². The molecule has 2 aliphatic heterocycles. The smallest absolute Gasteiger partial charge is 0.409 e. The van der Waals surface area contributed by atoms with Crippen LogP contribution in [0.5, 0.6) is 0 Å². The summed E-state index contributed by atoms with van der Waals surface area (Å²) in [6.07, 6.45) is 4.02. The number of aromatic nitrogens is 4. The van der Waals surface area contributed by atoms with E-state index >= 15 is 0 Å². The lowest BCUT2D eigenvalue weighted by Crippen LogP contribution is -2.51. The van der Waals surface area contributed by atoms with Crippen molar-refractivity contribution in [3.8, 4) is 22.4 Å². The fraction of sp³-hybridized carbons (Fsp3) is 0.455. The van der Waals surface area contributed by atoms with Gasteiger partial charge in [0.15, 0.2) is 0 Å². The van der Waals surface area contributed by atoms with E-state index in [1.165, 1.54) is 24.0 Å². The van der Waals surface area contributed by atoms with E-state index in [4.69, 9.17) is 19.4 Å². The molecule has 2 aliphatic rings. The molecule has 14 heteroatoms. The minimum absolute atomic E-state index is 0.0939. The number of methoxy groups -OCH3 is 2. The summed E-state index contributed by atoms with van der Waals surface area (Å²) in [5.41, 5.74) is 5.68. The molecule has 2 fully saturated rings. The molecule has 0 radical (unpaired) electrons. The summed E-state index contributed by atoms with van der Waals surface area (Å²) < 4.78 is 9.84. The van der Waals surface area contributed by atoms with Crippen LogP contribution < -0.4 is 0 Å². The summed E-state index contributed by atoms with van der Waals surface area (Å²) in [7, 11) is 5.86. The first-order chi connectivity index (χ1) is 27.8. The van der Waals surface area contributed by atoms with Gasteiger partial charge in [-0.05, 0) is 83.7 Å². The monoisotopic (exact) mass is 790 g/mol. The van der Waals surface area contributed by atoms with Crippen molar-refractivity contribution in [1.29, 1.82) is 0 Å². The van der Waals surface area contributed by atoms with E-state index in [-0.39, 0.29) is 35.7 Å². The number of H-pyrrole nitrogens is 2. The van der Waals surface area contributed by atoms with E-state index in [1.54, 1.807) is 14.1 Å². The number of rotatable bonds is 10. The Bertz CT molecular complexity index is 2330. The second kappa shape index (κ2) is 16.5. The zero-order chi connectivity index (χ0) is 41.4. The fourth-order valence-corrected chi connectivity index (χ4v) is 8.89. The molecule has 2 saturated heterocycles. The van der Waals surface area contributed by atoms with Gasteiger partial charge in [-0.2, -0.15) is 0 Å². The van der Waals surface area contributed by atoms with Gasteiger partial charge in [-0.25, -0.2) is 19.6 Å². The number of nitrogens with one attached hydrogen (secondary N) is 2. The summed E-state index contributed by atoms with van der Waals surface area (Å²) >= 11 is 0. The quantitative estimate of drug-likeness (QED) is 0.147.